The zero-order chi connectivity index (χ0) is 16.0. The molecule has 116 valence electrons. The van der Waals surface area contributed by atoms with Gasteiger partial charge in [-0.3, -0.25) is 0 Å². The summed E-state index contributed by atoms with van der Waals surface area (Å²) in [5, 5.41) is 0.0732. The highest BCUT2D eigenvalue weighted by Gasteiger charge is 2.20. The third-order valence-electron chi connectivity index (χ3n) is 1.99. The summed E-state index contributed by atoms with van der Waals surface area (Å²) in [4.78, 5) is 13.5. The summed E-state index contributed by atoms with van der Waals surface area (Å²) in [5.74, 6) is 0.682. The van der Waals surface area contributed by atoms with Crippen LogP contribution in [-0.4, -0.2) is 57.4 Å². The first-order valence-corrected chi connectivity index (χ1v) is 11.2. The fraction of sp³-hybridized carbons (Fsp3) is 0.444. The molecule has 0 amide bonds. The smallest absolute Gasteiger partial charge is 0.226 e. The van der Waals surface area contributed by atoms with Crippen molar-refractivity contribution >= 4 is 93.8 Å². The summed E-state index contributed by atoms with van der Waals surface area (Å²) in [6.07, 6.45) is 7.67. The second kappa shape index (κ2) is 9.58. The maximum Gasteiger partial charge on any atom is 0.226 e. The van der Waals surface area contributed by atoms with E-state index in [2.05, 4.69) is 15.0 Å². The lowest BCUT2D eigenvalue weighted by Gasteiger charge is -2.19. The minimum absolute atomic E-state index is 0.0732. The molecule has 12 heteroatoms. The largest absolute Gasteiger partial charge is 0.245 e. The van der Waals surface area contributed by atoms with Crippen molar-refractivity contribution in [2.75, 3.05) is 25.0 Å². The van der Waals surface area contributed by atoms with Crippen molar-refractivity contribution in [1.82, 2.24) is 22.4 Å². The Morgan fingerprint density at radius 1 is 0.810 bits per heavy atom. The molecule has 0 spiro atoms. The van der Waals surface area contributed by atoms with E-state index in [4.69, 9.17) is 36.0 Å². The summed E-state index contributed by atoms with van der Waals surface area (Å²) in [6, 6.07) is 0. The highest BCUT2D eigenvalue weighted by Crippen LogP contribution is 2.23. The van der Waals surface area contributed by atoms with Gasteiger partial charge in [0.2, 0.25) is 5.28 Å². The van der Waals surface area contributed by atoms with Crippen LogP contribution in [0.15, 0.2) is 0 Å². The molecule has 0 aromatic carbocycles. The molecule has 1 rings (SSSR count). The van der Waals surface area contributed by atoms with Crippen molar-refractivity contribution < 1.29 is 0 Å². The predicted molar refractivity (Wildman–Crippen MR) is 106 cm³/mol. The normalized spacial score (nSPS) is 10.3. The molecule has 1 aromatic rings. The number of aromatic nitrogens is 3. The molecule has 0 radical (unpaired) electrons. The Balaban J connectivity index is 3.16. The van der Waals surface area contributed by atoms with E-state index in [9.17, 15) is 0 Å². The lowest BCUT2D eigenvalue weighted by molar-refractivity contribution is 0.970. The molecular weight excluding hydrogens is 406 g/mol. The van der Waals surface area contributed by atoms with E-state index in [1.54, 1.807) is 0 Å². The molecule has 0 unspecified atom stereocenters. The van der Waals surface area contributed by atoms with Gasteiger partial charge in [0.25, 0.3) is 0 Å². The molecule has 5 nitrogen and oxygen atoms in total. The monoisotopic (exact) mass is 417 g/mol. The summed E-state index contributed by atoms with van der Waals surface area (Å²) in [5.41, 5.74) is 0. The van der Waals surface area contributed by atoms with Gasteiger partial charge in [-0.1, -0.05) is 24.4 Å². The van der Waals surface area contributed by atoms with Crippen molar-refractivity contribution in [3.05, 3.63) is 16.9 Å². The van der Waals surface area contributed by atoms with Crippen LogP contribution in [0.25, 0.3) is 0 Å². The SMILES string of the molecule is CSN(SC)C(=S)c1nc(Cl)nc(C(=S)N(SC)SC)n1. The van der Waals surface area contributed by atoms with Crippen LogP contribution < -0.4 is 0 Å². The molecule has 0 aliphatic carbocycles. The lowest BCUT2D eigenvalue weighted by atomic mass is 10.5. The third kappa shape index (κ3) is 5.26. The molecule has 0 saturated carbocycles. The molecule has 0 bridgehead atoms. The van der Waals surface area contributed by atoms with Crippen LogP contribution >= 0.6 is 83.8 Å². The van der Waals surface area contributed by atoms with Gasteiger partial charge in [0, 0.05) is 25.0 Å². The van der Waals surface area contributed by atoms with E-state index in [-0.39, 0.29) is 5.28 Å². The van der Waals surface area contributed by atoms with Crippen molar-refractivity contribution in [1.29, 1.82) is 0 Å². The topological polar surface area (TPSA) is 45.2 Å². The highest BCUT2D eigenvalue weighted by atomic mass is 35.5. The number of thiocarbonyl (C=S) groups is 2. The van der Waals surface area contributed by atoms with Crippen molar-refractivity contribution in [2.45, 2.75) is 0 Å². The van der Waals surface area contributed by atoms with Gasteiger partial charge in [0.05, 0.1) is 0 Å². The van der Waals surface area contributed by atoms with Crippen LogP contribution in [0.5, 0.6) is 0 Å². The third-order valence-corrected chi connectivity index (χ3v) is 7.19. The maximum atomic E-state index is 5.97. The molecule has 1 heterocycles. The Morgan fingerprint density at radius 2 is 1.14 bits per heavy atom. The van der Waals surface area contributed by atoms with Gasteiger partial charge in [0.1, 0.15) is 0 Å². The Kier molecular flexibility index (Phi) is 8.91. The van der Waals surface area contributed by atoms with E-state index in [1.165, 1.54) is 47.8 Å². The molecule has 0 fully saturated rings. The summed E-state index contributed by atoms with van der Waals surface area (Å²) in [6.45, 7) is 0. The zero-order valence-electron chi connectivity index (χ0n) is 11.6. The van der Waals surface area contributed by atoms with Crippen LogP contribution in [0, 0.1) is 0 Å². The van der Waals surface area contributed by atoms with E-state index < -0.39 is 0 Å². The van der Waals surface area contributed by atoms with Crippen LogP contribution in [0.1, 0.15) is 11.6 Å². The number of rotatable bonds is 6. The number of halogens is 1. The highest BCUT2D eigenvalue weighted by molar-refractivity contribution is 8.13. The van der Waals surface area contributed by atoms with Gasteiger partial charge in [0.15, 0.2) is 21.6 Å². The molecule has 0 aliphatic heterocycles. The van der Waals surface area contributed by atoms with Crippen LogP contribution in [0.4, 0.5) is 0 Å². The van der Waals surface area contributed by atoms with Gasteiger partial charge in [-0.05, 0) is 59.4 Å². The average Bonchev–Trinajstić information content (AvgIpc) is 2.48. The fourth-order valence-corrected chi connectivity index (χ4v) is 4.60. The van der Waals surface area contributed by atoms with E-state index in [0.29, 0.717) is 21.6 Å². The summed E-state index contributed by atoms with van der Waals surface area (Å²) in [7, 11) is 0. The summed E-state index contributed by atoms with van der Waals surface area (Å²) < 4.78 is 3.63. The van der Waals surface area contributed by atoms with E-state index in [1.807, 2.05) is 32.4 Å². The second-order valence-corrected chi connectivity index (χ2v) is 7.60. The first-order valence-electron chi connectivity index (χ1n) is 5.25. The Bertz CT molecular complexity index is 479. The molecule has 0 saturated heterocycles. The summed E-state index contributed by atoms with van der Waals surface area (Å²) >= 11 is 22.6. The van der Waals surface area contributed by atoms with Gasteiger partial charge in [-0.15, -0.1) is 0 Å². The second-order valence-electron chi connectivity index (χ2n) is 3.11. The number of hydrogen-bond acceptors (Lipinski definition) is 9. The fourth-order valence-electron chi connectivity index (χ4n) is 1.19. The predicted octanol–water partition coefficient (Wildman–Crippen LogP) is 3.59. The Hall–Kier alpha value is 0.480. The molecule has 1 aromatic heterocycles. The quantitative estimate of drug-likeness (QED) is 0.503. The minimum Gasteiger partial charge on any atom is -0.245 e. The first kappa shape index (κ1) is 19.5. The van der Waals surface area contributed by atoms with Crippen LogP contribution in [0.2, 0.25) is 5.28 Å². The van der Waals surface area contributed by atoms with Crippen LogP contribution in [-0.2, 0) is 0 Å². The van der Waals surface area contributed by atoms with E-state index in [0.717, 1.165) is 0 Å². The average molecular weight is 418 g/mol. The van der Waals surface area contributed by atoms with Gasteiger partial charge in [-0.2, -0.15) is 9.97 Å². The first-order chi connectivity index (χ1) is 9.98. The standard InChI is InChI=1S/C9H12ClN5S6/c1-18-14(19-2)7(16)5-11-6(13-9(10)12-5)8(17)15(20-3)21-4/h1-4H3. The minimum atomic E-state index is 0.0732. The number of hydrogen-bond donors (Lipinski definition) is 0. The van der Waals surface area contributed by atoms with Gasteiger partial charge in [-0.25, -0.2) is 12.4 Å². The van der Waals surface area contributed by atoms with E-state index >= 15 is 0 Å². The Labute approximate surface area is 157 Å². The van der Waals surface area contributed by atoms with Crippen molar-refractivity contribution in [3.8, 4) is 0 Å². The zero-order valence-corrected chi connectivity index (χ0v) is 17.2. The maximum absolute atomic E-state index is 5.97. The van der Waals surface area contributed by atoms with Crippen LogP contribution in [0.3, 0.4) is 0 Å². The van der Waals surface area contributed by atoms with Crippen molar-refractivity contribution in [3.63, 3.8) is 0 Å². The molecule has 0 atom stereocenters. The lowest BCUT2D eigenvalue weighted by Crippen LogP contribution is -2.24. The van der Waals surface area contributed by atoms with Crippen molar-refractivity contribution in [2.24, 2.45) is 0 Å². The molecular formula is C9H12ClN5S6. The van der Waals surface area contributed by atoms with Gasteiger partial charge >= 0.3 is 0 Å². The van der Waals surface area contributed by atoms with Gasteiger partial charge < -0.3 is 0 Å². The molecule has 21 heavy (non-hydrogen) atoms. The molecule has 0 N–H and O–H groups in total. The number of nitrogens with zero attached hydrogens (tertiary/aromatic N) is 5. The molecule has 0 aliphatic rings. The Morgan fingerprint density at radius 3 is 1.43 bits per heavy atom.